The molecule has 1 aromatic carbocycles. The topological polar surface area (TPSA) is 41.4 Å². The molecule has 1 fully saturated rings. The predicted molar refractivity (Wildman–Crippen MR) is 95.1 cm³/mol. The minimum Gasteiger partial charge on any atom is -0.337 e. The summed E-state index contributed by atoms with van der Waals surface area (Å²) in [4.78, 5) is 16.6. The zero-order valence-corrected chi connectivity index (χ0v) is 15.0. The van der Waals surface area contributed by atoms with Gasteiger partial charge in [-0.15, -0.1) is 0 Å². The maximum absolute atomic E-state index is 14.0. The summed E-state index contributed by atoms with van der Waals surface area (Å²) in [6.07, 6.45) is 4.80. The van der Waals surface area contributed by atoms with Gasteiger partial charge in [-0.3, -0.25) is 14.4 Å². The standard InChI is InChI=1S/C18H22ClFN4O/c1-2-24-13-14(11-21-24)12-22-6-3-7-23(9-8-22)18(25)16-10-15(19)4-5-17(16)20/h4-5,10-11,13H,2-3,6-9,12H2,1H3. The van der Waals surface area contributed by atoms with Crippen LogP contribution in [0.25, 0.3) is 0 Å². The number of amides is 1. The van der Waals surface area contributed by atoms with Crippen molar-refractivity contribution in [3.8, 4) is 0 Å². The number of carbonyl (C=O) groups is 1. The average Bonchev–Trinajstić information content (AvgIpc) is 2.93. The van der Waals surface area contributed by atoms with Crippen molar-refractivity contribution in [2.75, 3.05) is 26.2 Å². The smallest absolute Gasteiger partial charge is 0.256 e. The van der Waals surface area contributed by atoms with Gasteiger partial charge in [-0.25, -0.2) is 4.39 Å². The molecular formula is C18H22ClFN4O. The molecule has 1 aromatic heterocycles. The van der Waals surface area contributed by atoms with E-state index >= 15 is 0 Å². The Labute approximate surface area is 152 Å². The molecule has 0 radical (unpaired) electrons. The number of benzene rings is 1. The molecule has 0 bridgehead atoms. The molecule has 0 N–H and O–H groups in total. The molecule has 1 amide bonds. The van der Waals surface area contributed by atoms with E-state index in [1.54, 1.807) is 4.90 Å². The summed E-state index contributed by atoms with van der Waals surface area (Å²) in [5.41, 5.74) is 1.22. The fourth-order valence-corrected chi connectivity index (χ4v) is 3.26. The van der Waals surface area contributed by atoms with Crippen LogP contribution < -0.4 is 0 Å². The summed E-state index contributed by atoms with van der Waals surface area (Å²) in [6, 6.07) is 4.10. The summed E-state index contributed by atoms with van der Waals surface area (Å²) in [6.45, 7) is 6.58. The minimum absolute atomic E-state index is 0.0465. The number of hydrogen-bond donors (Lipinski definition) is 0. The Hall–Kier alpha value is -1.92. The van der Waals surface area contributed by atoms with Gasteiger partial charge >= 0.3 is 0 Å². The van der Waals surface area contributed by atoms with Crippen LogP contribution in [0.1, 0.15) is 29.3 Å². The number of rotatable bonds is 4. The zero-order valence-electron chi connectivity index (χ0n) is 14.3. The van der Waals surface area contributed by atoms with Gasteiger partial charge < -0.3 is 4.90 Å². The van der Waals surface area contributed by atoms with Crippen LogP contribution in [0, 0.1) is 5.82 Å². The molecule has 134 valence electrons. The molecule has 2 aromatic rings. The Morgan fingerprint density at radius 2 is 2.12 bits per heavy atom. The fraction of sp³-hybridized carbons (Fsp3) is 0.444. The molecule has 0 unspecified atom stereocenters. The van der Waals surface area contributed by atoms with Gasteiger partial charge in [0.15, 0.2) is 0 Å². The van der Waals surface area contributed by atoms with E-state index in [0.717, 1.165) is 32.6 Å². The highest BCUT2D eigenvalue weighted by atomic mass is 35.5. The molecule has 1 aliphatic heterocycles. The number of hydrogen-bond acceptors (Lipinski definition) is 3. The zero-order chi connectivity index (χ0) is 17.8. The molecule has 0 spiro atoms. The van der Waals surface area contributed by atoms with Crippen molar-refractivity contribution < 1.29 is 9.18 Å². The van der Waals surface area contributed by atoms with Crippen molar-refractivity contribution in [3.05, 3.63) is 52.6 Å². The summed E-state index contributed by atoms with van der Waals surface area (Å²) < 4.78 is 15.9. The van der Waals surface area contributed by atoms with E-state index in [1.807, 2.05) is 10.9 Å². The summed E-state index contributed by atoms with van der Waals surface area (Å²) >= 11 is 5.91. The van der Waals surface area contributed by atoms with Crippen molar-refractivity contribution in [2.24, 2.45) is 0 Å². The fourth-order valence-electron chi connectivity index (χ4n) is 3.08. The predicted octanol–water partition coefficient (Wildman–Crippen LogP) is 3.04. The van der Waals surface area contributed by atoms with Crippen LogP contribution in [-0.2, 0) is 13.1 Å². The maximum atomic E-state index is 14.0. The van der Waals surface area contributed by atoms with Gasteiger partial charge in [-0.05, 0) is 31.5 Å². The van der Waals surface area contributed by atoms with Gasteiger partial charge in [-0.1, -0.05) is 11.6 Å². The first-order chi connectivity index (χ1) is 12.1. The van der Waals surface area contributed by atoms with Crippen molar-refractivity contribution in [1.29, 1.82) is 0 Å². The van der Waals surface area contributed by atoms with Crippen molar-refractivity contribution in [3.63, 3.8) is 0 Å². The number of aromatic nitrogens is 2. The lowest BCUT2D eigenvalue weighted by Gasteiger charge is -2.22. The van der Waals surface area contributed by atoms with E-state index in [2.05, 4.69) is 23.1 Å². The van der Waals surface area contributed by atoms with E-state index in [9.17, 15) is 9.18 Å². The summed E-state index contributed by atoms with van der Waals surface area (Å²) in [7, 11) is 0. The SMILES string of the molecule is CCn1cc(CN2CCCN(C(=O)c3cc(Cl)ccc3F)CC2)cn1. The Morgan fingerprint density at radius 3 is 2.88 bits per heavy atom. The second kappa shape index (κ2) is 7.97. The normalized spacial score (nSPS) is 16.0. The molecule has 0 atom stereocenters. The van der Waals surface area contributed by atoms with E-state index in [-0.39, 0.29) is 11.5 Å². The number of nitrogens with zero attached hydrogens (tertiary/aromatic N) is 4. The lowest BCUT2D eigenvalue weighted by molar-refractivity contribution is 0.0756. The minimum atomic E-state index is -0.525. The second-order valence-corrected chi connectivity index (χ2v) is 6.69. The van der Waals surface area contributed by atoms with Gasteiger partial charge in [0.25, 0.3) is 5.91 Å². The molecule has 5 nitrogen and oxygen atoms in total. The molecule has 0 saturated carbocycles. The highest BCUT2D eigenvalue weighted by Gasteiger charge is 2.23. The highest BCUT2D eigenvalue weighted by Crippen LogP contribution is 2.18. The first kappa shape index (κ1) is 17.9. The molecule has 0 aliphatic carbocycles. The molecule has 3 rings (SSSR count). The van der Waals surface area contributed by atoms with Crippen LogP contribution in [0.2, 0.25) is 5.02 Å². The Bertz CT molecular complexity index is 748. The van der Waals surface area contributed by atoms with E-state index < -0.39 is 5.82 Å². The van der Waals surface area contributed by atoms with Gasteiger partial charge in [0.1, 0.15) is 5.82 Å². The third-order valence-corrected chi connectivity index (χ3v) is 4.69. The van der Waals surface area contributed by atoms with Gasteiger partial charge in [0.2, 0.25) is 0 Å². The molecule has 1 aliphatic rings. The number of aryl methyl sites for hydroxylation is 1. The van der Waals surface area contributed by atoms with E-state index in [0.29, 0.717) is 18.1 Å². The largest absolute Gasteiger partial charge is 0.337 e. The Morgan fingerprint density at radius 1 is 1.28 bits per heavy atom. The highest BCUT2D eigenvalue weighted by molar-refractivity contribution is 6.31. The van der Waals surface area contributed by atoms with E-state index in [1.165, 1.54) is 23.8 Å². The Kier molecular flexibility index (Phi) is 5.71. The van der Waals surface area contributed by atoms with E-state index in [4.69, 9.17) is 11.6 Å². The lowest BCUT2D eigenvalue weighted by atomic mass is 10.2. The monoisotopic (exact) mass is 364 g/mol. The third-order valence-electron chi connectivity index (χ3n) is 4.45. The van der Waals surface area contributed by atoms with Gasteiger partial charge in [0, 0.05) is 56.1 Å². The molecule has 7 heteroatoms. The molecule has 25 heavy (non-hydrogen) atoms. The van der Waals surface area contributed by atoms with Crippen molar-refractivity contribution in [1.82, 2.24) is 19.6 Å². The van der Waals surface area contributed by atoms with Gasteiger partial charge in [0.05, 0.1) is 11.8 Å². The maximum Gasteiger partial charge on any atom is 0.256 e. The molecule has 2 heterocycles. The van der Waals surface area contributed by atoms with Crippen molar-refractivity contribution >= 4 is 17.5 Å². The molecule has 1 saturated heterocycles. The number of halogens is 2. The first-order valence-corrected chi connectivity index (χ1v) is 8.92. The van der Waals surface area contributed by atoms with Crippen LogP contribution in [0.3, 0.4) is 0 Å². The lowest BCUT2D eigenvalue weighted by Crippen LogP contribution is -2.35. The first-order valence-electron chi connectivity index (χ1n) is 8.55. The van der Waals surface area contributed by atoms with Crippen LogP contribution in [-0.4, -0.2) is 51.7 Å². The van der Waals surface area contributed by atoms with Crippen LogP contribution >= 0.6 is 11.6 Å². The third kappa shape index (κ3) is 4.38. The quantitative estimate of drug-likeness (QED) is 0.837. The van der Waals surface area contributed by atoms with Crippen molar-refractivity contribution in [2.45, 2.75) is 26.4 Å². The second-order valence-electron chi connectivity index (χ2n) is 6.25. The summed E-state index contributed by atoms with van der Waals surface area (Å²) in [5, 5.41) is 4.67. The summed E-state index contributed by atoms with van der Waals surface area (Å²) in [5.74, 6) is -0.817. The van der Waals surface area contributed by atoms with Crippen LogP contribution in [0.4, 0.5) is 4.39 Å². The average molecular weight is 365 g/mol. The number of carbonyl (C=O) groups excluding carboxylic acids is 1. The van der Waals surface area contributed by atoms with Crippen LogP contribution in [0.5, 0.6) is 0 Å². The Balaban J connectivity index is 1.62. The van der Waals surface area contributed by atoms with Gasteiger partial charge in [-0.2, -0.15) is 5.10 Å². The van der Waals surface area contributed by atoms with Crippen LogP contribution in [0.15, 0.2) is 30.6 Å². The molecular weight excluding hydrogens is 343 g/mol.